The summed E-state index contributed by atoms with van der Waals surface area (Å²) in [7, 11) is 0. The standard InChI is InChI=1S/C8H17N3O/c1-6-5-12-3-2-7(6)4-11-8(9)10/h6-7H,2-5H2,1H3,(H4,9,10,11). The normalized spacial score (nSPS) is 29.8. The van der Waals surface area contributed by atoms with Gasteiger partial charge in [0.2, 0.25) is 0 Å². The van der Waals surface area contributed by atoms with Crippen LogP contribution in [0, 0.1) is 11.8 Å². The maximum Gasteiger partial charge on any atom is 0.185 e. The van der Waals surface area contributed by atoms with Crippen molar-refractivity contribution in [2.45, 2.75) is 13.3 Å². The largest absolute Gasteiger partial charge is 0.381 e. The quantitative estimate of drug-likeness (QED) is 0.451. The van der Waals surface area contributed by atoms with Crippen molar-refractivity contribution in [3.8, 4) is 0 Å². The van der Waals surface area contributed by atoms with Crippen molar-refractivity contribution in [3.63, 3.8) is 0 Å². The number of hydrogen-bond donors (Lipinski definition) is 2. The highest BCUT2D eigenvalue weighted by Crippen LogP contribution is 2.21. The molecule has 4 heteroatoms. The number of rotatable bonds is 2. The van der Waals surface area contributed by atoms with Crippen LogP contribution in [-0.2, 0) is 4.74 Å². The van der Waals surface area contributed by atoms with Gasteiger partial charge < -0.3 is 16.2 Å². The number of nitrogens with two attached hydrogens (primary N) is 2. The van der Waals surface area contributed by atoms with Crippen molar-refractivity contribution in [2.75, 3.05) is 19.8 Å². The fourth-order valence-corrected chi connectivity index (χ4v) is 1.42. The number of guanidine groups is 1. The lowest BCUT2D eigenvalue weighted by atomic mass is 9.90. The molecule has 2 unspecified atom stereocenters. The molecule has 1 heterocycles. The first-order valence-corrected chi connectivity index (χ1v) is 4.33. The van der Waals surface area contributed by atoms with Crippen LogP contribution in [0.3, 0.4) is 0 Å². The second-order valence-electron chi connectivity index (χ2n) is 3.37. The van der Waals surface area contributed by atoms with Crippen molar-refractivity contribution in [3.05, 3.63) is 0 Å². The van der Waals surface area contributed by atoms with E-state index in [0.29, 0.717) is 11.8 Å². The molecule has 1 aliphatic heterocycles. The Kier molecular flexibility index (Phi) is 3.34. The summed E-state index contributed by atoms with van der Waals surface area (Å²) < 4.78 is 5.31. The Labute approximate surface area is 73.0 Å². The van der Waals surface area contributed by atoms with Crippen LogP contribution in [0.2, 0.25) is 0 Å². The molecule has 0 amide bonds. The van der Waals surface area contributed by atoms with Crippen molar-refractivity contribution >= 4 is 5.96 Å². The van der Waals surface area contributed by atoms with Gasteiger partial charge in [-0.2, -0.15) is 0 Å². The van der Waals surface area contributed by atoms with Crippen LogP contribution in [0.1, 0.15) is 13.3 Å². The summed E-state index contributed by atoms with van der Waals surface area (Å²) in [6, 6.07) is 0. The van der Waals surface area contributed by atoms with E-state index in [2.05, 4.69) is 11.9 Å². The Bertz CT molecular complexity index is 166. The van der Waals surface area contributed by atoms with Crippen LogP contribution < -0.4 is 11.5 Å². The topological polar surface area (TPSA) is 73.6 Å². The fraction of sp³-hybridized carbons (Fsp3) is 0.875. The van der Waals surface area contributed by atoms with E-state index in [1.165, 1.54) is 0 Å². The van der Waals surface area contributed by atoms with E-state index < -0.39 is 0 Å². The minimum Gasteiger partial charge on any atom is -0.381 e. The number of nitrogens with zero attached hydrogens (tertiary/aromatic N) is 1. The molecule has 1 saturated heterocycles. The molecule has 1 rings (SSSR count). The van der Waals surface area contributed by atoms with E-state index in [1.807, 2.05) is 0 Å². The highest BCUT2D eigenvalue weighted by molar-refractivity contribution is 5.75. The van der Waals surface area contributed by atoms with Crippen LogP contribution in [-0.4, -0.2) is 25.7 Å². The minimum atomic E-state index is 0.189. The SMILES string of the molecule is CC1COCCC1CN=C(N)N. The maximum atomic E-state index is 5.31. The molecule has 0 aromatic rings. The highest BCUT2D eigenvalue weighted by Gasteiger charge is 2.21. The molecule has 0 bridgehead atoms. The number of hydrogen-bond acceptors (Lipinski definition) is 2. The van der Waals surface area contributed by atoms with Crippen LogP contribution in [0.4, 0.5) is 0 Å². The highest BCUT2D eigenvalue weighted by atomic mass is 16.5. The zero-order valence-corrected chi connectivity index (χ0v) is 7.49. The summed E-state index contributed by atoms with van der Waals surface area (Å²) in [5.74, 6) is 1.34. The first-order valence-electron chi connectivity index (χ1n) is 4.33. The van der Waals surface area contributed by atoms with Gasteiger partial charge in [0.15, 0.2) is 5.96 Å². The smallest absolute Gasteiger partial charge is 0.185 e. The van der Waals surface area contributed by atoms with Gasteiger partial charge in [-0.15, -0.1) is 0 Å². The summed E-state index contributed by atoms with van der Waals surface area (Å²) in [6.45, 7) is 4.60. The predicted octanol–water partition coefficient (Wildman–Crippen LogP) is -0.0676. The molecule has 0 aromatic heterocycles. The van der Waals surface area contributed by atoms with Gasteiger partial charge in [-0.25, -0.2) is 0 Å². The molecule has 1 aliphatic rings. The average Bonchev–Trinajstić information content (AvgIpc) is 2.03. The summed E-state index contributed by atoms with van der Waals surface area (Å²) in [4.78, 5) is 4.02. The second-order valence-corrected chi connectivity index (χ2v) is 3.37. The summed E-state index contributed by atoms with van der Waals surface area (Å²) >= 11 is 0. The van der Waals surface area contributed by atoms with Gasteiger partial charge in [-0.3, -0.25) is 4.99 Å². The molecule has 4 N–H and O–H groups in total. The molecule has 0 radical (unpaired) electrons. The lowest BCUT2D eigenvalue weighted by molar-refractivity contribution is 0.0273. The Morgan fingerprint density at radius 1 is 1.58 bits per heavy atom. The Balaban J connectivity index is 2.34. The summed E-state index contributed by atoms with van der Waals surface area (Å²) in [5, 5.41) is 0. The number of aliphatic imine (C=N–C) groups is 1. The van der Waals surface area contributed by atoms with Gasteiger partial charge in [-0.1, -0.05) is 6.92 Å². The van der Waals surface area contributed by atoms with Gasteiger partial charge >= 0.3 is 0 Å². The van der Waals surface area contributed by atoms with E-state index in [1.54, 1.807) is 0 Å². The van der Waals surface area contributed by atoms with Gasteiger partial charge in [0.25, 0.3) is 0 Å². The maximum absolute atomic E-state index is 5.31. The molecule has 12 heavy (non-hydrogen) atoms. The van der Waals surface area contributed by atoms with Crippen molar-refractivity contribution in [1.29, 1.82) is 0 Å². The van der Waals surface area contributed by atoms with Crippen LogP contribution >= 0.6 is 0 Å². The van der Waals surface area contributed by atoms with Crippen LogP contribution in [0.15, 0.2) is 4.99 Å². The van der Waals surface area contributed by atoms with E-state index in [4.69, 9.17) is 16.2 Å². The average molecular weight is 171 g/mol. The molecule has 4 nitrogen and oxygen atoms in total. The Morgan fingerprint density at radius 3 is 2.92 bits per heavy atom. The van der Waals surface area contributed by atoms with Gasteiger partial charge in [0, 0.05) is 19.8 Å². The minimum absolute atomic E-state index is 0.189. The number of ether oxygens (including phenoxy) is 1. The first-order chi connectivity index (χ1) is 5.70. The first kappa shape index (κ1) is 9.32. The molecule has 2 atom stereocenters. The van der Waals surface area contributed by atoms with Crippen molar-refractivity contribution < 1.29 is 4.74 Å². The third kappa shape index (κ3) is 2.70. The van der Waals surface area contributed by atoms with Gasteiger partial charge in [0.1, 0.15) is 0 Å². The Hall–Kier alpha value is -0.770. The van der Waals surface area contributed by atoms with Crippen LogP contribution in [0.25, 0.3) is 0 Å². The van der Waals surface area contributed by atoms with Crippen molar-refractivity contribution in [2.24, 2.45) is 28.3 Å². The van der Waals surface area contributed by atoms with E-state index in [0.717, 1.165) is 26.2 Å². The van der Waals surface area contributed by atoms with E-state index in [9.17, 15) is 0 Å². The monoisotopic (exact) mass is 171 g/mol. The zero-order valence-electron chi connectivity index (χ0n) is 7.49. The van der Waals surface area contributed by atoms with E-state index in [-0.39, 0.29) is 5.96 Å². The summed E-state index contributed by atoms with van der Waals surface area (Å²) in [5.41, 5.74) is 10.5. The Morgan fingerprint density at radius 2 is 2.33 bits per heavy atom. The van der Waals surface area contributed by atoms with Gasteiger partial charge in [0.05, 0.1) is 0 Å². The summed E-state index contributed by atoms with van der Waals surface area (Å²) in [6.07, 6.45) is 1.07. The van der Waals surface area contributed by atoms with Gasteiger partial charge in [-0.05, 0) is 18.3 Å². The molecule has 0 aliphatic carbocycles. The molecule has 0 aromatic carbocycles. The molecular weight excluding hydrogens is 154 g/mol. The molecule has 1 fully saturated rings. The van der Waals surface area contributed by atoms with Crippen LogP contribution in [0.5, 0.6) is 0 Å². The molecule has 70 valence electrons. The predicted molar refractivity (Wildman–Crippen MR) is 48.8 cm³/mol. The molecular formula is C8H17N3O. The van der Waals surface area contributed by atoms with E-state index >= 15 is 0 Å². The lowest BCUT2D eigenvalue weighted by Crippen LogP contribution is -2.29. The zero-order chi connectivity index (χ0) is 8.97. The fourth-order valence-electron chi connectivity index (χ4n) is 1.42. The molecule has 0 spiro atoms. The molecule has 0 saturated carbocycles. The van der Waals surface area contributed by atoms with Crippen molar-refractivity contribution in [1.82, 2.24) is 0 Å². The third-order valence-corrected chi connectivity index (χ3v) is 2.33. The lowest BCUT2D eigenvalue weighted by Gasteiger charge is -2.27. The second kappa shape index (κ2) is 4.30. The third-order valence-electron chi connectivity index (χ3n) is 2.33.